The molecule has 0 radical (unpaired) electrons. The molecule has 0 aliphatic heterocycles. The molecular weight excluding hydrogens is 278 g/mol. The molecule has 2 N–H and O–H groups in total. The standard InChI is InChI=1S/C22H39N/c1-3-5-7-9-11-13-20(12-10-8-6-4-2)14-15-21-16-18-22(23)19-17-21/h16-20H,3-15,23H2,1-2H3. The number of benzene rings is 1. The third-order valence-electron chi connectivity index (χ3n) is 5.00. The molecule has 0 bridgehead atoms. The van der Waals surface area contributed by atoms with E-state index < -0.39 is 0 Å². The van der Waals surface area contributed by atoms with Crippen LogP contribution in [0.2, 0.25) is 0 Å². The van der Waals surface area contributed by atoms with Crippen LogP contribution < -0.4 is 5.73 Å². The van der Waals surface area contributed by atoms with E-state index in [2.05, 4.69) is 26.0 Å². The molecule has 0 saturated heterocycles. The minimum atomic E-state index is 0.876. The Morgan fingerprint density at radius 3 is 1.78 bits per heavy atom. The summed E-state index contributed by atoms with van der Waals surface area (Å²) in [5.41, 5.74) is 8.11. The third kappa shape index (κ3) is 10.4. The van der Waals surface area contributed by atoms with Gasteiger partial charge in [-0.1, -0.05) is 96.6 Å². The van der Waals surface area contributed by atoms with Gasteiger partial charge in [0, 0.05) is 5.69 Å². The quantitative estimate of drug-likeness (QED) is 0.286. The van der Waals surface area contributed by atoms with Crippen molar-refractivity contribution in [1.29, 1.82) is 0 Å². The highest BCUT2D eigenvalue weighted by Crippen LogP contribution is 2.23. The van der Waals surface area contributed by atoms with E-state index in [1.165, 1.54) is 89.0 Å². The van der Waals surface area contributed by atoms with Gasteiger partial charge in [-0.15, -0.1) is 0 Å². The van der Waals surface area contributed by atoms with Gasteiger partial charge in [-0.05, 0) is 36.5 Å². The van der Waals surface area contributed by atoms with Crippen LogP contribution in [0.15, 0.2) is 24.3 Å². The molecule has 1 nitrogen and oxygen atoms in total. The topological polar surface area (TPSA) is 26.0 Å². The smallest absolute Gasteiger partial charge is 0.0314 e. The van der Waals surface area contributed by atoms with Gasteiger partial charge in [0.1, 0.15) is 0 Å². The molecule has 0 aromatic heterocycles. The van der Waals surface area contributed by atoms with Crippen molar-refractivity contribution in [2.75, 3.05) is 5.73 Å². The van der Waals surface area contributed by atoms with Gasteiger partial charge in [0.25, 0.3) is 0 Å². The van der Waals surface area contributed by atoms with E-state index in [4.69, 9.17) is 5.73 Å². The Hall–Kier alpha value is -0.980. The van der Waals surface area contributed by atoms with E-state index in [-0.39, 0.29) is 0 Å². The maximum atomic E-state index is 5.78. The number of nitrogens with two attached hydrogens (primary N) is 1. The van der Waals surface area contributed by atoms with E-state index in [0.717, 1.165) is 11.6 Å². The van der Waals surface area contributed by atoms with E-state index in [9.17, 15) is 0 Å². The Morgan fingerprint density at radius 2 is 1.22 bits per heavy atom. The van der Waals surface area contributed by atoms with E-state index in [1.54, 1.807) is 0 Å². The normalized spacial score (nSPS) is 12.4. The van der Waals surface area contributed by atoms with Gasteiger partial charge >= 0.3 is 0 Å². The van der Waals surface area contributed by atoms with Gasteiger partial charge in [0.15, 0.2) is 0 Å². The van der Waals surface area contributed by atoms with Crippen LogP contribution in [0.5, 0.6) is 0 Å². The van der Waals surface area contributed by atoms with Crippen LogP contribution >= 0.6 is 0 Å². The average molecular weight is 318 g/mol. The number of aryl methyl sites for hydroxylation is 1. The lowest BCUT2D eigenvalue weighted by Gasteiger charge is -2.17. The largest absolute Gasteiger partial charge is 0.399 e. The Bertz CT molecular complexity index is 368. The van der Waals surface area contributed by atoms with E-state index >= 15 is 0 Å². The summed E-state index contributed by atoms with van der Waals surface area (Å²) in [6, 6.07) is 8.47. The predicted molar refractivity (Wildman–Crippen MR) is 105 cm³/mol. The summed E-state index contributed by atoms with van der Waals surface area (Å²) in [4.78, 5) is 0. The molecular formula is C22H39N. The lowest BCUT2D eigenvalue weighted by molar-refractivity contribution is 0.382. The highest BCUT2D eigenvalue weighted by atomic mass is 14.5. The fourth-order valence-corrected chi connectivity index (χ4v) is 3.38. The van der Waals surface area contributed by atoms with Gasteiger partial charge in [-0.2, -0.15) is 0 Å². The number of anilines is 1. The number of rotatable bonds is 14. The maximum absolute atomic E-state index is 5.78. The second kappa shape index (κ2) is 13.5. The van der Waals surface area contributed by atoms with Crippen LogP contribution in [0.1, 0.15) is 96.5 Å². The Kier molecular flexibility index (Phi) is 11.7. The third-order valence-corrected chi connectivity index (χ3v) is 5.00. The van der Waals surface area contributed by atoms with E-state index in [1.807, 2.05) is 12.1 Å². The van der Waals surface area contributed by atoms with Crippen molar-refractivity contribution in [3.63, 3.8) is 0 Å². The first-order valence-electron chi connectivity index (χ1n) is 10.1. The molecule has 1 aromatic carbocycles. The first kappa shape index (κ1) is 20.1. The Labute approximate surface area is 145 Å². The van der Waals surface area contributed by atoms with Crippen molar-refractivity contribution in [1.82, 2.24) is 0 Å². The fraction of sp³-hybridized carbons (Fsp3) is 0.727. The molecule has 1 heteroatoms. The first-order chi connectivity index (χ1) is 11.3. The van der Waals surface area contributed by atoms with Crippen molar-refractivity contribution in [2.45, 2.75) is 97.3 Å². The molecule has 0 aliphatic rings. The highest BCUT2D eigenvalue weighted by molar-refractivity contribution is 5.39. The molecule has 1 aromatic rings. The molecule has 1 unspecified atom stereocenters. The summed E-state index contributed by atoms with van der Waals surface area (Å²) < 4.78 is 0. The van der Waals surface area contributed by atoms with Crippen molar-refractivity contribution in [3.8, 4) is 0 Å². The minimum absolute atomic E-state index is 0.876. The number of hydrogen-bond acceptors (Lipinski definition) is 1. The number of hydrogen-bond donors (Lipinski definition) is 1. The first-order valence-corrected chi connectivity index (χ1v) is 10.1. The lowest BCUT2D eigenvalue weighted by Crippen LogP contribution is -2.03. The molecule has 0 aliphatic carbocycles. The molecule has 23 heavy (non-hydrogen) atoms. The summed E-state index contributed by atoms with van der Waals surface area (Å²) >= 11 is 0. The summed E-state index contributed by atoms with van der Waals surface area (Å²) in [5.74, 6) is 0.922. The van der Waals surface area contributed by atoms with Crippen LogP contribution in [0.4, 0.5) is 5.69 Å². The molecule has 1 atom stereocenters. The number of unbranched alkanes of at least 4 members (excludes halogenated alkanes) is 7. The second-order valence-corrected chi connectivity index (χ2v) is 7.20. The number of nitrogen functional groups attached to an aromatic ring is 1. The van der Waals surface area contributed by atoms with Crippen molar-refractivity contribution < 1.29 is 0 Å². The zero-order valence-electron chi connectivity index (χ0n) is 15.7. The molecule has 132 valence electrons. The van der Waals surface area contributed by atoms with Crippen molar-refractivity contribution >= 4 is 5.69 Å². The Balaban J connectivity index is 2.31. The minimum Gasteiger partial charge on any atom is -0.399 e. The average Bonchev–Trinajstić information content (AvgIpc) is 2.57. The van der Waals surface area contributed by atoms with Crippen LogP contribution in [0.3, 0.4) is 0 Å². The molecule has 0 amide bonds. The van der Waals surface area contributed by atoms with Crippen LogP contribution in [-0.4, -0.2) is 0 Å². The zero-order valence-corrected chi connectivity index (χ0v) is 15.7. The van der Waals surface area contributed by atoms with Crippen LogP contribution in [-0.2, 0) is 6.42 Å². The highest BCUT2D eigenvalue weighted by Gasteiger charge is 2.09. The zero-order chi connectivity index (χ0) is 16.8. The van der Waals surface area contributed by atoms with Crippen molar-refractivity contribution in [2.24, 2.45) is 5.92 Å². The molecule has 0 saturated carbocycles. The summed E-state index contributed by atoms with van der Waals surface area (Å²) in [7, 11) is 0. The Morgan fingerprint density at radius 1 is 0.696 bits per heavy atom. The summed E-state index contributed by atoms with van der Waals surface area (Å²) in [6.07, 6.45) is 18.1. The van der Waals surface area contributed by atoms with Gasteiger partial charge < -0.3 is 5.73 Å². The van der Waals surface area contributed by atoms with E-state index in [0.29, 0.717) is 0 Å². The lowest BCUT2D eigenvalue weighted by atomic mass is 9.89. The predicted octanol–water partition coefficient (Wildman–Crippen LogP) is 7.15. The molecule has 0 heterocycles. The van der Waals surface area contributed by atoms with Crippen LogP contribution in [0, 0.1) is 5.92 Å². The molecule has 0 fully saturated rings. The summed E-state index contributed by atoms with van der Waals surface area (Å²) in [5, 5.41) is 0. The van der Waals surface area contributed by atoms with Gasteiger partial charge in [0.05, 0.1) is 0 Å². The van der Waals surface area contributed by atoms with Gasteiger partial charge in [-0.25, -0.2) is 0 Å². The SMILES string of the molecule is CCCCCCCC(CCCCCC)CCc1ccc(N)cc1. The molecule has 1 rings (SSSR count). The van der Waals surface area contributed by atoms with Gasteiger partial charge in [-0.3, -0.25) is 0 Å². The van der Waals surface area contributed by atoms with Crippen molar-refractivity contribution in [3.05, 3.63) is 29.8 Å². The monoisotopic (exact) mass is 317 g/mol. The fourth-order valence-electron chi connectivity index (χ4n) is 3.38. The summed E-state index contributed by atoms with van der Waals surface area (Å²) in [6.45, 7) is 4.59. The van der Waals surface area contributed by atoms with Gasteiger partial charge in [0.2, 0.25) is 0 Å². The van der Waals surface area contributed by atoms with Crippen LogP contribution in [0.25, 0.3) is 0 Å². The molecule has 0 spiro atoms. The second-order valence-electron chi connectivity index (χ2n) is 7.20. The maximum Gasteiger partial charge on any atom is 0.0314 e.